The van der Waals surface area contributed by atoms with Crippen LogP contribution in [0.2, 0.25) is 0 Å². The van der Waals surface area contributed by atoms with E-state index in [1.165, 1.54) is 17.8 Å². The smallest absolute Gasteiger partial charge is 0.328 e. The van der Waals surface area contributed by atoms with Crippen LogP contribution in [0.1, 0.15) is 38.3 Å². The van der Waals surface area contributed by atoms with Gasteiger partial charge in [0.1, 0.15) is 0 Å². The summed E-state index contributed by atoms with van der Waals surface area (Å²) in [6, 6.07) is 4.42. The molecule has 0 saturated carbocycles. The van der Waals surface area contributed by atoms with Crippen LogP contribution in [-0.4, -0.2) is 11.8 Å². The maximum atomic E-state index is 13.1. The van der Waals surface area contributed by atoms with Crippen LogP contribution in [0, 0.1) is 5.92 Å². The molecule has 1 aromatic carbocycles. The molecule has 0 aliphatic rings. The molecule has 0 bridgehead atoms. The van der Waals surface area contributed by atoms with Gasteiger partial charge in [-0.25, -0.2) is 0 Å². The predicted molar refractivity (Wildman–Crippen MR) is 79.0 cm³/mol. The lowest BCUT2D eigenvalue weighted by Crippen LogP contribution is -2.18. The molecule has 0 heterocycles. The Morgan fingerprint density at radius 2 is 1.85 bits per heavy atom. The van der Waals surface area contributed by atoms with Gasteiger partial charge in [0.05, 0.1) is 5.56 Å². The molecule has 0 aliphatic carbocycles. The number of nitrogens with two attached hydrogens (primary N) is 1. The molecule has 0 spiro atoms. The minimum absolute atomic E-state index is 0.143. The monoisotopic (exact) mass is 305 g/mol. The topological polar surface area (TPSA) is 26.0 Å². The zero-order chi connectivity index (χ0) is 15.3. The Hall–Kier alpha value is -0.680. The lowest BCUT2D eigenvalue weighted by Gasteiger charge is -2.15. The Bertz CT molecular complexity index is 428. The molecule has 0 fully saturated rings. The summed E-state index contributed by atoms with van der Waals surface area (Å²) in [6.45, 7) is 5.92. The molecule has 1 atom stereocenters. The van der Waals surface area contributed by atoms with Gasteiger partial charge in [0.15, 0.2) is 0 Å². The first-order valence-electron chi connectivity index (χ1n) is 6.78. The molecule has 1 rings (SSSR count). The first kappa shape index (κ1) is 17.4. The molecule has 0 radical (unpaired) electrons. The van der Waals surface area contributed by atoms with Crippen LogP contribution in [0.3, 0.4) is 0 Å². The van der Waals surface area contributed by atoms with E-state index in [2.05, 4.69) is 13.8 Å². The van der Waals surface area contributed by atoms with Crippen molar-refractivity contribution in [2.75, 3.05) is 5.75 Å². The first-order chi connectivity index (χ1) is 9.20. The van der Waals surface area contributed by atoms with Crippen molar-refractivity contribution in [3.63, 3.8) is 0 Å². The lowest BCUT2D eigenvalue weighted by atomic mass is 10.0. The number of hydrogen-bond acceptors (Lipinski definition) is 2. The Morgan fingerprint density at radius 3 is 2.35 bits per heavy atom. The summed E-state index contributed by atoms with van der Waals surface area (Å²) in [5.74, 6) is 1.20. The van der Waals surface area contributed by atoms with E-state index >= 15 is 0 Å². The highest BCUT2D eigenvalue weighted by Crippen LogP contribution is 2.37. The van der Waals surface area contributed by atoms with Crippen molar-refractivity contribution in [3.05, 3.63) is 29.3 Å². The van der Waals surface area contributed by atoms with Gasteiger partial charge in [-0.2, -0.15) is 13.2 Å². The maximum Gasteiger partial charge on any atom is 0.417 e. The van der Waals surface area contributed by atoms with Gasteiger partial charge in [-0.1, -0.05) is 19.9 Å². The highest BCUT2D eigenvalue weighted by Gasteiger charge is 2.33. The normalized spacial score (nSPS) is 13.8. The third-order valence-electron chi connectivity index (χ3n) is 2.86. The van der Waals surface area contributed by atoms with Crippen LogP contribution in [0.4, 0.5) is 13.2 Å². The van der Waals surface area contributed by atoms with Crippen molar-refractivity contribution in [3.8, 4) is 0 Å². The molecule has 1 nitrogen and oxygen atoms in total. The third kappa shape index (κ3) is 5.75. The predicted octanol–water partition coefficient (Wildman–Crippen LogP) is 4.73. The summed E-state index contributed by atoms with van der Waals surface area (Å²) in [7, 11) is 0. The van der Waals surface area contributed by atoms with Gasteiger partial charge in [-0.3, -0.25) is 0 Å². The van der Waals surface area contributed by atoms with E-state index in [0.29, 0.717) is 28.6 Å². The standard InChI is InChI=1S/C15H22F3NS/c1-10(2)6-7-20-14-5-4-12(8-11(3)19)9-13(14)15(16,17)18/h4-5,9-11H,6-8,19H2,1-3H3. The Morgan fingerprint density at radius 1 is 1.20 bits per heavy atom. The fourth-order valence-electron chi connectivity index (χ4n) is 1.83. The summed E-state index contributed by atoms with van der Waals surface area (Å²) in [5, 5.41) is 0. The van der Waals surface area contributed by atoms with Crippen LogP contribution >= 0.6 is 11.8 Å². The van der Waals surface area contributed by atoms with Crippen molar-refractivity contribution >= 4 is 11.8 Å². The second-order valence-corrected chi connectivity index (χ2v) is 6.68. The first-order valence-corrected chi connectivity index (χ1v) is 7.77. The number of thioether (sulfide) groups is 1. The third-order valence-corrected chi connectivity index (χ3v) is 3.97. The van der Waals surface area contributed by atoms with E-state index in [1.807, 2.05) is 0 Å². The minimum Gasteiger partial charge on any atom is -0.328 e. The van der Waals surface area contributed by atoms with Crippen molar-refractivity contribution < 1.29 is 13.2 Å². The van der Waals surface area contributed by atoms with E-state index in [9.17, 15) is 13.2 Å². The molecule has 0 aromatic heterocycles. The summed E-state index contributed by atoms with van der Waals surface area (Å²) < 4.78 is 39.3. The molecule has 20 heavy (non-hydrogen) atoms. The van der Waals surface area contributed by atoms with Crippen molar-refractivity contribution in [1.29, 1.82) is 0 Å². The molecule has 1 unspecified atom stereocenters. The second kappa shape index (κ2) is 7.36. The number of benzene rings is 1. The highest BCUT2D eigenvalue weighted by atomic mass is 32.2. The molecular weight excluding hydrogens is 283 g/mol. The Kier molecular flexibility index (Phi) is 6.40. The minimum atomic E-state index is -4.31. The molecule has 5 heteroatoms. The van der Waals surface area contributed by atoms with Gasteiger partial charge >= 0.3 is 6.18 Å². The lowest BCUT2D eigenvalue weighted by molar-refractivity contribution is -0.139. The van der Waals surface area contributed by atoms with Crippen LogP contribution in [-0.2, 0) is 12.6 Å². The maximum absolute atomic E-state index is 13.1. The fraction of sp³-hybridized carbons (Fsp3) is 0.600. The van der Waals surface area contributed by atoms with Crippen molar-refractivity contribution in [2.45, 2.75) is 50.7 Å². The molecule has 2 N–H and O–H groups in total. The average Bonchev–Trinajstić information content (AvgIpc) is 2.28. The van der Waals surface area contributed by atoms with E-state index in [4.69, 9.17) is 5.73 Å². The molecule has 1 aromatic rings. The largest absolute Gasteiger partial charge is 0.417 e. The van der Waals surface area contributed by atoms with Crippen LogP contribution in [0.5, 0.6) is 0 Å². The number of rotatable bonds is 6. The highest BCUT2D eigenvalue weighted by molar-refractivity contribution is 7.99. The zero-order valence-corrected chi connectivity index (χ0v) is 12.9. The van der Waals surface area contributed by atoms with Gasteiger partial charge in [-0.05, 0) is 49.1 Å². The van der Waals surface area contributed by atoms with E-state index in [1.54, 1.807) is 19.1 Å². The van der Waals surface area contributed by atoms with Gasteiger partial charge in [0, 0.05) is 10.9 Å². The molecule has 114 valence electrons. The second-order valence-electron chi connectivity index (χ2n) is 5.54. The van der Waals surface area contributed by atoms with E-state index in [-0.39, 0.29) is 6.04 Å². The summed E-state index contributed by atoms with van der Waals surface area (Å²) in [6.07, 6.45) is -2.95. The summed E-state index contributed by atoms with van der Waals surface area (Å²) in [5.41, 5.74) is 5.75. The Balaban J connectivity index is 2.93. The van der Waals surface area contributed by atoms with Crippen LogP contribution in [0.15, 0.2) is 23.1 Å². The summed E-state index contributed by atoms with van der Waals surface area (Å²) in [4.78, 5) is 0.312. The molecule has 0 saturated heterocycles. The van der Waals surface area contributed by atoms with Gasteiger partial charge in [-0.15, -0.1) is 11.8 Å². The average molecular weight is 305 g/mol. The van der Waals surface area contributed by atoms with Gasteiger partial charge < -0.3 is 5.73 Å². The van der Waals surface area contributed by atoms with Gasteiger partial charge in [0.2, 0.25) is 0 Å². The van der Waals surface area contributed by atoms with Crippen LogP contribution < -0.4 is 5.73 Å². The van der Waals surface area contributed by atoms with Crippen molar-refractivity contribution in [1.82, 2.24) is 0 Å². The van der Waals surface area contributed by atoms with E-state index < -0.39 is 11.7 Å². The number of halogens is 3. The van der Waals surface area contributed by atoms with Crippen molar-refractivity contribution in [2.24, 2.45) is 11.7 Å². The SMILES string of the molecule is CC(C)CCSc1ccc(CC(C)N)cc1C(F)(F)F. The number of alkyl halides is 3. The zero-order valence-electron chi connectivity index (χ0n) is 12.1. The fourth-order valence-corrected chi connectivity index (χ4v) is 3.13. The van der Waals surface area contributed by atoms with E-state index in [0.717, 1.165) is 6.42 Å². The number of hydrogen-bond donors (Lipinski definition) is 1. The quantitative estimate of drug-likeness (QED) is 0.769. The Labute approximate surface area is 123 Å². The molecular formula is C15H22F3NS. The van der Waals surface area contributed by atoms with Gasteiger partial charge in [0.25, 0.3) is 0 Å². The molecule has 0 aliphatic heterocycles. The summed E-state index contributed by atoms with van der Waals surface area (Å²) >= 11 is 1.28. The molecule has 0 amide bonds. The van der Waals surface area contributed by atoms with Crippen LogP contribution in [0.25, 0.3) is 0 Å².